The highest BCUT2D eigenvalue weighted by molar-refractivity contribution is 5.20. The van der Waals surface area contributed by atoms with Crippen LogP contribution in [0.1, 0.15) is 113 Å². The van der Waals surface area contributed by atoms with Gasteiger partial charge in [-0.2, -0.15) is 0 Å². The van der Waals surface area contributed by atoms with E-state index in [4.69, 9.17) is 18.9 Å². The zero-order valence-corrected chi connectivity index (χ0v) is 35.1. The van der Waals surface area contributed by atoms with E-state index in [0.29, 0.717) is 19.3 Å². The molecule has 21 atom stereocenters. The van der Waals surface area contributed by atoms with Crippen molar-refractivity contribution in [3.63, 3.8) is 0 Å². The molecule has 0 aromatic heterocycles. The molecule has 0 bridgehead atoms. The molecule has 4 saturated carbocycles. The molecule has 4 aliphatic carbocycles. The van der Waals surface area contributed by atoms with Crippen LogP contribution in [0.15, 0.2) is 0 Å². The summed E-state index contributed by atoms with van der Waals surface area (Å²) in [4.78, 5) is 0. The van der Waals surface area contributed by atoms with Crippen molar-refractivity contribution in [3.05, 3.63) is 0 Å². The molecule has 57 heavy (non-hydrogen) atoms. The lowest BCUT2D eigenvalue weighted by Gasteiger charge is -2.70. The van der Waals surface area contributed by atoms with Crippen LogP contribution in [0.5, 0.6) is 0 Å². The van der Waals surface area contributed by atoms with Crippen molar-refractivity contribution in [3.8, 4) is 0 Å². The molecule has 11 N–H and O–H groups in total. The summed E-state index contributed by atoms with van der Waals surface area (Å²) in [5, 5.41) is 118. The van der Waals surface area contributed by atoms with E-state index in [9.17, 15) is 56.2 Å². The van der Waals surface area contributed by atoms with Crippen LogP contribution in [-0.4, -0.2) is 160 Å². The minimum Gasteiger partial charge on any atom is -0.394 e. The summed E-state index contributed by atoms with van der Waals surface area (Å²) in [6.07, 6.45) is -11.5. The van der Waals surface area contributed by atoms with Gasteiger partial charge in [0.1, 0.15) is 48.8 Å². The van der Waals surface area contributed by atoms with E-state index < -0.39 is 110 Å². The summed E-state index contributed by atoms with van der Waals surface area (Å²) in [5.41, 5.74) is -3.50. The van der Waals surface area contributed by atoms with E-state index in [1.54, 1.807) is 13.8 Å². The molecule has 0 spiro atoms. The topological polar surface area (TPSA) is 259 Å². The van der Waals surface area contributed by atoms with Gasteiger partial charge in [-0.1, -0.05) is 34.6 Å². The van der Waals surface area contributed by atoms with Gasteiger partial charge in [0.2, 0.25) is 0 Å². The third-order valence-corrected chi connectivity index (χ3v) is 17.1. The number of aliphatic hydroxyl groups is 11. The van der Waals surface area contributed by atoms with Crippen LogP contribution in [0.25, 0.3) is 0 Å². The van der Waals surface area contributed by atoms with Crippen molar-refractivity contribution in [2.45, 2.75) is 204 Å². The first-order chi connectivity index (χ1) is 26.3. The van der Waals surface area contributed by atoms with Crippen LogP contribution >= 0.6 is 0 Å². The first-order valence-corrected chi connectivity index (χ1v) is 21.3. The van der Waals surface area contributed by atoms with E-state index in [0.717, 1.165) is 32.1 Å². The number of hydrogen-bond acceptors (Lipinski definition) is 15. The molecule has 0 aromatic rings. The van der Waals surface area contributed by atoms with Gasteiger partial charge in [-0.25, -0.2) is 0 Å². The highest BCUT2D eigenvalue weighted by atomic mass is 16.8. The summed E-state index contributed by atoms with van der Waals surface area (Å²) in [7, 11) is 0. The van der Waals surface area contributed by atoms with Gasteiger partial charge in [-0.05, 0) is 124 Å². The Labute approximate surface area is 337 Å². The number of ether oxygens (including phenoxy) is 4. The van der Waals surface area contributed by atoms with Gasteiger partial charge in [0.25, 0.3) is 0 Å². The van der Waals surface area contributed by atoms with Gasteiger partial charge in [-0.3, -0.25) is 0 Å². The number of rotatable bonds is 11. The van der Waals surface area contributed by atoms with Crippen LogP contribution in [-0.2, 0) is 18.9 Å². The fraction of sp³-hybridized carbons (Fsp3) is 1.00. The Morgan fingerprint density at radius 2 is 1.26 bits per heavy atom. The maximum Gasteiger partial charge on any atom is 0.187 e. The van der Waals surface area contributed by atoms with Crippen molar-refractivity contribution in [1.82, 2.24) is 0 Å². The average Bonchev–Trinajstić information content (AvgIpc) is 3.52. The monoisotopic (exact) mass is 819 g/mol. The Morgan fingerprint density at radius 1 is 0.684 bits per heavy atom. The standard InChI is InChI=1S/C42H74O15/c1-37(2)24-10-15-40(6)25(17-21(45)28-20(9-14-41(28,40)7)42(8,53)16-11-26(46)38(3,4)52)39(24,5)13-12-27(37)56-36-34(32(50)30(48)23(19-44)55-36)57-35-33(51)31(49)29(47)22(18-43)54-35/h20-36,43-53H,9-19H2,1-8H3/t20-,21+,22+,23+,24+,25+,26-,27+,28-,29+,30+,31-,32-,33+,34+,35-,36-,39-,40+,41+,42-/m0/s1. The minimum absolute atomic E-state index is 0.133. The SMILES string of the molecule is CC(C)(O)[C@@H](O)CC[C@](C)(O)[C@H]1CC[C@]2(C)[C@@H]1[C@H](O)C[C@@H]1[C@@]3(C)CC[C@@H](O[C@@H]4O[C@H](CO)[C@@H](O)[C@H](O)[C@H]4O[C@@H]4O[C@H](CO)[C@@H](O)[C@H](O)[C@H]4O)C(C)(C)[C@H]3CC[C@]12C. The Kier molecular flexibility index (Phi) is 12.8. The normalized spacial score (nSPS) is 51.6. The number of hydrogen-bond donors (Lipinski definition) is 11. The van der Waals surface area contributed by atoms with E-state index in [2.05, 4.69) is 34.6 Å². The second-order valence-electron chi connectivity index (χ2n) is 21.0. The minimum atomic E-state index is -1.77. The molecular weight excluding hydrogens is 744 g/mol. The summed E-state index contributed by atoms with van der Waals surface area (Å²) in [6.45, 7) is 15.0. The molecule has 0 radical (unpaired) electrons. The zero-order chi connectivity index (χ0) is 42.4. The maximum atomic E-state index is 12.2. The van der Waals surface area contributed by atoms with Gasteiger partial charge in [0, 0.05) is 0 Å². The second kappa shape index (κ2) is 15.9. The van der Waals surface area contributed by atoms with Gasteiger partial charge in [0.05, 0.1) is 42.7 Å². The highest BCUT2D eigenvalue weighted by Gasteiger charge is 2.71. The average molecular weight is 819 g/mol. The third-order valence-electron chi connectivity index (χ3n) is 17.1. The van der Waals surface area contributed by atoms with Crippen molar-refractivity contribution < 1.29 is 75.1 Å². The molecule has 6 fully saturated rings. The molecule has 332 valence electrons. The van der Waals surface area contributed by atoms with Crippen molar-refractivity contribution in [2.24, 2.45) is 45.3 Å². The van der Waals surface area contributed by atoms with Crippen LogP contribution in [0.3, 0.4) is 0 Å². The van der Waals surface area contributed by atoms with E-state index in [1.165, 1.54) is 0 Å². The van der Waals surface area contributed by atoms with Crippen molar-refractivity contribution >= 4 is 0 Å². The predicted molar refractivity (Wildman–Crippen MR) is 204 cm³/mol. The van der Waals surface area contributed by atoms with Crippen molar-refractivity contribution in [2.75, 3.05) is 13.2 Å². The first-order valence-electron chi connectivity index (χ1n) is 21.3. The summed E-state index contributed by atoms with van der Waals surface area (Å²) in [5.74, 6) is -0.00735. The first kappa shape index (κ1) is 45.9. The summed E-state index contributed by atoms with van der Waals surface area (Å²) in [6, 6.07) is 0. The third kappa shape index (κ3) is 7.58. The summed E-state index contributed by atoms with van der Waals surface area (Å²) >= 11 is 0. The molecular formula is C42H74O15. The lowest BCUT2D eigenvalue weighted by molar-refractivity contribution is -0.378. The molecule has 15 nitrogen and oxygen atoms in total. The lowest BCUT2D eigenvalue weighted by Crippen LogP contribution is -2.68. The molecule has 2 saturated heterocycles. The predicted octanol–water partition coefficient (Wildman–Crippen LogP) is 0.315. The van der Waals surface area contributed by atoms with E-state index >= 15 is 0 Å². The second-order valence-corrected chi connectivity index (χ2v) is 21.0. The van der Waals surface area contributed by atoms with Gasteiger partial charge >= 0.3 is 0 Å². The molecule has 0 amide bonds. The highest BCUT2D eigenvalue weighted by Crippen LogP contribution is 2.76. The fourth-order valence-electron chi connectivity index (χ4n) is 13.4. The lowest BCUT2D eigenvalue weighted by atomic mass is 9.35. The quantitative estimate of drug-likeness (QED) is 0.126. The molecule has 2 aliphatic heterocycles. The van der Waals surface area contributed by atoms with Crippen LogP contribution in [0, 0.1) is 45.3 Å². The van der Waals surface area contributed by atoms with E-state index in [-0.39, 0.29) is 46.3 Å². The van der Waals surface area contributed by atoms with Crippen LogP contribution < -0.4 is 0 Å². The van der Waals surface area contributed by atoms with E-state index in [1.807, 2.05) is 6.92 Å². The molecule has 2 heterocycles. The van der Waals surface area contributed by atoms with Gasteiger partial charge in [0.15, 0.2) is 12.6 Å². The molecule has 0 aromatic carbocycles. The smallest absolute Gasteiger partial charge is 0.187 e. The Morgan fingerprint density at radius 3 is 1.86 bits per heavy atom. The van der Waals surface area contributed by atoms with Crippen LogP contribution in [0.4, 0.5) is 0 Å². The van der Waals surface area contributed by atoms with Crippen molar-refractivity contribution in [1.29, 1.82) is 0 Å². The van der Waals surface area contributed by atoms with Crippen LogP contribution in [0.2, 0.25) is 0 Å². The van der Waals surface area contributed by atoms with Gasteiger partial charge in [-0.15, -0.1) is 0 Å². The fourth-order valence-corrected chi connectivity index (χ4v) is 13.4. The number of aliphatic hydroxyl groups excluding tert-OH is 9. The maximum absolute atomic E-state index is 12.2. The zero-order valence-electron chi connectivity index (χ0n) is 35.1. The molecule has 6 rings (SSSR count). The van der Waals surface area contributed by atoms with Gasteiger partial charge < -0.3 is 75.1 Å². The molecule has 0 unspecified atom stereocenters. The summed E-state index contributed by atoms with van der Waals surface area (Å²) < 4.78 is 24.3. The molecule has 15 heteroatoms. The Hall–Kier alpha value is -0.600. The molecule has 6 aliphatic rings. The Balaban J connectivity index is 1.22. The largest absolute Gasteiger partial charge is 0.394 e. The Bertz CT molecular complexity index is 1390. The number of fused-ring (bicyclic) bond motifs is 5.